The summed E-state index contributed by atoms with van der Waals surface area (Å²) in [5.41, 5.74) is 0.702. The molecule has 2 aromatic rings. The third-order valence-electron chi connectivity index (χ3n) is 3.92. The maximum Gasteiger partial charge on any atom is 0.307 e. The summed E-state index contributed by atoms with van der Waals surface area (Å²) in [6, 6.07) is 11.4. The van der Waals surface area contributed by atoms with Gasteiger partial charge in [0.15, 0.2) is 0 Å². The molecule has 2 amide bonds. The molecule has 0 aliphatic carbocycles. The summed E-state index contributed by atoms with van der Waals surface area (Å²) < 4.78 is 10.5. The van der Waals surface area contributed by atoms with E-state index < -0.39 is 17.8 Å². The van der Waals surface area contributed by atoms with Crippen LogP contribution in [0.15, 0.2) is 42.5 Å². The molecule has 1 aliphatic rings. The van der Waals surface area contributed by atoms with E-state index >= 15 is 0 Å². The normalized spacial score (nSPS) is 12.9. The van der Waals surface area contributed by atoms with Gasteiger partial charge in [0.2, 0.25) is 0 Å². The van der Waals surface area contributed by atoms with Gasteiger partial charge in [-0.25, -0.2) is 0 Å². The van der Waals surface area contributed by atoms with Gasteiger partial charge in [-0.05, 0) is 30.3 Å². The summed E-state index contributed by atoms with van der Waals surface area (Å²) >= 11 is 11.8. The van der Waals surface area contributed by atoms with Gasteiger partial charge in [0.05, 0.1) is 22.6 Å². The summed E-state index contributed by atoms with van der Waals surface area (Å²) in [6.07, 6.45) is -0.0901. The molecule has 1 aliphatic heterocycles. The van der Waals surface area contributed by atoms with E-state index in [-0.39, 0.29) is 26.2 Å². The molecule has 0 N–H and O–H groups in total. The van der Waals surface area contributed by atoms with Gasteiger partial charge in [0, 0.05) is 11.6 Å². The molecular formula is C19H15Cl2NO5. The van der Waals surface area contributed by atoms with Crippen molar-refractivity contribution in [1.82, 2.24) is 4.90 Å². The molecule has 27 heavy (non-hydrogen) atoms. The fraction of sp³-hybridized carbons (Fsp3) is 0.211. The lowest BCUT2D eigenvalue weighted by Gasteiger charge is -2.13. The van der Waals surface area contributed by atoms with Crippen LogP contribution in [0.5, 0.6) is 5.75 Å². The Kier molecular flexibility index (Phi) is 5.98. The standard InChI is InChI=1S/C19H15Cl2NO5/c20-12-5-6-16(15(21)11-12)26-9-10-27-17(23)7-8-22-18(24)13-3-1-2-4-14(13)19(22)25/h1-6,11H,7-10H2. The summed E-state index contributed by atoms with van der Waals surface area (Å²) in [5.74, 6) is -0.895. The van der Waals surface area contributed by atoms with Crippen LogP contribution in [-0.2, 0) is 9.53 Å². The highest BCUT2D eigenvalue weighted by molar-refractivity contribution is 6.35. The molecule has 0 atom stereocenters. The summed E-state index contributed by atoms with van der Waals surface area (Å²) in [6.45, 7) is 0.0923. The molecular weight excluding hydrogens is 393 g/mol. The molecule has 0 saturated carbocycles. The van der Waals surface area contributed by atoms with Gasteiger partial charge in [-0.15, -0.1) is 0 Å². The Bertz CT molecular complexity index is 864. The molecule has 0 spiro atoms. The SMILES string of the molecule is O=C(CCN1C(=O)c2ccccc2C1=O)OCCOc1ccc(Cl)cc1Cl. The van der Waals surface area contributed by atoms with Crippen molar-refractivity contribution in [2.45, 2.75) is 6.42 Å². The highest BCUT2D eigenvalue weighted by Crippen LogP contribution is 2.27. The van der Waals surface area contributed by atoms with Gasteiger partial charge in [-0.1, -0.05) is 35.3 Å². The van der Waals surface area contributed by atoms with Gasteiger partial charge >= 0.3 is 5.97 Å². The number of rotatable bonds is 7. The zero-order valence-corrected chi connectivity index (χ0v) is 15.6. The van der Waals surface area contributed by atoms with Gasteiger partial charge in [-0.2, -0.15) is 0 Å². The lowest BCUT2D eigenvalue weighted by molar-refractivity contribution is -0.144. The fourth-order valence-electron chi connectivity index (χ4n) is 2.62. The third kappa shape index (κ3) is 4.40. The van der Waals surface area contributed by atoms with Gasteiger partial charge < -0.3 is 9.47 Å². The Morgan fingerprint density at radius 3 is 2.26 bits per heavy atom. The number of amides is 2. The first-order valence-electron chi connectivity index (χ1n) is 8.16. The first-order valence-corrected chi connectivity index (χ1v) is 8.91. The molecule has 0 radical (unpaired) electrons. The smallest absolute Gasteiger partial charge is 0.307 e. The average Bonchev–Trinajstić information content (AvgIpc) is 2.89. The lowest BCUT2D eigenvalue weighted by atomic mass is 10.1. The molecule has 0 unspecified atom stereocenters. The van der Waals surface area contributed by atoms with Crippen molar-refractivity contribution in [2.75, 3.05) is 19.8 Å². The topological polar surface area (TPSA) is 72.9 Å². The Labute approximate surface area is 165 Å². The van der Waals surface area contributed by atoms with Gasteiger partial charge in [-0.3, -0.25) is 19.3 Å². The second-order valence-corrected chi connectivity index (χ2v) is 6.54. The fourth-order valence-corrected chi connectivity index (χ4v) is 3.08. The van der Waals surface area contributed by atoms with Crippen molar-refractivity contribution < 1.29 is 23.9 Å². The largest absolute Gasteiger partial charge is 0.488 e. The second-order valence-electron chi connectivity index (χ2n) is 5.70. The first kappa shape index (κ1) is 19.2. The zero-order valence-electron chi connectivity index (χ0n) is 14.1. The first-order chi connectivity index (χ1) is 13.0. The predicted octanol–water partition coefficient (Wildman–Crippen LogP) is 3.60. The minimum absolute atomic E-state index is 0.0138. The third-order valence-corrected chi connectivity index (χ3v) is 4.45. The molecule has 0 bridgehead atoms. The molecule has 6 nitrogen and oxygen atoms in total. The quantitative estimate of drug-likeness (QED) is 0.398. The molecule has 0 fully saturated rings. The summed E-state index contributed by atoms with van der Waals surface area (Å²) in [4.78, 5) is 37.3. The van der Waals surface area contributed by atoms with Crippen LogP contribution in [0.4, 0.5) is 0 Å². The van der Waals surface area contributed by atoms with Crippen molar-refractivity contribution in [3.63, 3.8) is 0 Å². The number of hydrogen-bond donors (Lipinski definition) is 0. The molecule has 2 aromatic carbocycles. The van der Waals surface area contributed by atoms with Gasteiger partial charge in [0.1, 0.15) is 19.0 Å². The highest BCUT2D eigenvalue weighted by atomic mass is 35.5. The molecule has 0 aromatic heterocycles. The van der Waals surface area contributed by atoms with Crippen molar-refractivity contribution in [1.29, 1.82) is 0 Å². The monoisotopic (exact) mass is 407 g/mol. The number of benzene rings is 2. The lowest BCUT2D eigenvalue weighted by Crippen LogP contribution is -2.32. The van der Waals surface area contributed by atoms with Crippen LogP contribution in [0.25, 0.3) is 0 Å². The van der Waals surface area contributed by atoms with Crippen LogP contribution in [-0.4, -0.2) is 42.4 Å². The number of hydrogen-bond acceptors (Lipinski definition) is 5. The Balaban J connectivity index is 1.42. The summed E-state index contributed by atoms with van der Waals surface area (Å²) in [7, 11) is 0. The number of fused-ring (bicyclic) bond motifs is 1. The van der Waals surface area contributed by atoms with Crippen molar-refractivity contribution in [3.8, 4) is 5.75 Å². The van der Waals surface area contributed by atoms with Crippen LogP contribution in [0.1, 0.15) is 27.1 Å². The number of ether oxygens (including phenoxy) is 2. The van der Waals surface area contributed by atoms with Crippen molar-refractivity contribution >= 4 is 41.0 Å². The maximum absolute atomic E-state index is 12.2. The number of imide groups is 1. The van der Waals surface area contributed by atoms with Crippen LogP contribution in [0, 0.1) is 0 Å². The second kappa shape index (κ2) is 8.41. The van der Waals surface area contributed by atoms with Gasteiger partial charge in [0.25, 0.3) is 11.8 Å². The average molecular weight is 408 g/mol. The van der Waals surface area contributed by atoms with E-state index in [2.05, 4.69) is 0 Å². The minimum Gasteiger partial charge on any atom is -0.488 e. The Morgan fingerprint density at radius 1 is 0.963 bits per heavy atom. The van der Waals surface area contributed by atoms with Crippen LogP contribution in [0.3, 0.4) is 0 Å². The molecule has 140 valence electrons. The predicted molar refractivity (Wildman–Crippen MR) is 99.3 cm³/mol. The van der Waals surface area contributed by atoms with E-state index in [4.69, 9.17) is 32.7 Å². The van der Waals surface area contributed by atoms with E-state index in [1.165, 1.54) is 0 Å². The molecule has 1 heterocycles. The van der Waals surface area contributed by atoms with E-state index in [9.17, 15) is 14.4 Å². The van der Waals surface area contributed by atoms with Crippen molar-refractivity contribution in [3.05, 3.63) is 63.6 Å². The minimum atomic E-state index is -0.530. The number of carbonyl (C=O) groups is 3. The van der Waals surface area contributed by atoms with E-state index in [0.29, 0.717) is 26.9 Å². The highest BCUT2D eigenvalue weighted by Gasteiger charge is 2.35. The number of esters is 1. The molecule has 3 rings (SSSR count). The molecule has 8 heteroatoms. The summed E-state index contributed by atoms with van der Waals surface area (Å²) in [5, 5.41) is 0.853. The number of nitrogens with zero attached hydrogens (tertiary/aromatic N) is 1. The van der Waals surface area contributed by atoms with Crippen LogP contribution in [0.2, 0.25) is 10.0 Å². The maximum atomic E-state index is 12.2. The van der Waals surface area contributed by atoms with E-state index in [1.807, 2.05) is 0 Å². The van der Waals surface area contributed by atoms with E-state index in [0.717, 1.165) is 4.90 Å². The van der Waals surface area contributed by atoms with E-state index in [1.54, 1.807) is 42.5 Å². The Hall–Kier alpha value is -2.57. The Morgan fingerprint density at radius 2 is 1.63 bits per heavy atom. The number of carbonyl (C=O) groups excluding carboxylic acids is 3. The zero-order chi connectivity index (χ0) is 19.4. The van der Waals surface area contributed by atoms with Crippen LogP contribution < -0.4 is 4.74 Å². The van der Waals surface area contributed by atoms with Crippen LogP contribution >= 0.6 is 23.2 Å². The number of halogens is 2. The van der Waals surface area contributed by atoms with Crippen molar-refractivity contribution in [2.24, 2.45) is 0 Å². The molecule has 0 saturated heterocycles.